The second kappa shape index (κ2) is 28.3. The Hall–Kier alpha value is -6.31. The van der Waals surface area contributed by atoms with Gasteiger partial charge in [0.05, 0.1) is 65.7 Å². The molecule has 0 fully saturated rings. The van der Waals surface area contributed by atoms with Crippen LogP contribution in [0.25, 0.3) is 65.5 Å². The number of imidazole rings is 1. The molecule has 12 rings (SSSR count). The van der Waals surface area contributed by atoms with E-state index < -0.39 is 0 Å². The fourth-order valence-electron chi connectivity index (χ4n) is 9.97. The number of fused-ring (bicyclic) bond motifs is 6. The average Bonchev–Trinajstić information content (AvgIpc) is 4.37. The molecule has 11 nitrogen and oxygen atoms in total. The number of nitrogens with zero attached hydrogens (tertiary/aromatic N) is 7. The van der Waals surface area contributed by atoms with E-state index in [1.54, 1.807) is 12.5 Å². The van der Waals surface area contributed by atoms with Gasteiger partial charge in [0.25, 0.3) is 0 Å². The molecule has 0 aliphatic rings. The molecule has 0 atom stereocenters. The molecule has 12 aromatic rings. The van der Waals surface area contributed by atoms with Gasteiger partial charge in [0, 0.05) is 84.2 Å². The Morgan fingerprint density at radius 2 is 1.04 bits per heavy atom. The number of hydrogen-bond donors (Lipinski definition) is 4. The number of aryl methyl sites for hydroxylation is 2. The zero-order chi connectivity index (χ0) is 59.7. The van der Waals surface area contributed by atoms with Crippen molar-refractivity contribution in [1.29, 1.82) is 0 Å². The molecule has 6 aromatic heterocycles. The van der Waals surface area contributed by atoms with Crippen molar-refractivity contribution in [3.63, 3.8) is 0 Å². The van der Waals surface area contributed by atoms with Gasteiger partial charge < -0.3 is 19.6 Å². The molecule has 16 heteroatoms. The summed E-state index contributed by atoms with van der Waals surface area (Å²) in [6, 6.07) is 30.6. The van der Waals surface area contributed by atoms with Crippen molar-refractivity contribution in [3.8, 4) is 0 Å². The molecule has 0 bridgehead atoms. The minimum Gasteiger partial charge on any atom is -0.394 e. The monoisotopic (exact) mass is 1200 g/mol. The predicted molar refractivity (Wildman–Crippen MR) is 351 cm³/mol. The van der Waals surface area contributed by atoms with E-state index in [-0.39, 0.29) is 6.61 Å². The lowest BCUT2D eigenvalue weighted by Gasteiger charge is -2.10. The van der Waals surface area contributed by atoms with Crippen molar-refractivity contribution in [2.75, 3.05) is 6.61 Å². The first-order valence-corrected chi connectivity index (χ1v) is 29.8. The number of hydrogen-bond acceptors (Lipinski definition) is 5. The Morgan fingerprint density at radius 1 is 0.500 bits per heavy atom. The molecule has 6 aromatic carbocycles. The Balaban J connectivity index is 0.000000142. The van der Waals surface area contributed by atoms with Gasteiger partial charge in [0.2, 0.25) is 0 Å². The maximum absolute atomic E-state index is 8.99. The van der Waals surface area contributed by atoms with Crippen LogP contribution in [0.15, 0.2) is 128 Å². The van der Waals surface area contributed by atoms with Crippen LogP contribution in [0.2, 0.25) is 25.1 Å². The summed E-state index contributed by atoms with van der Waals surface area (Å²) < 4.78 is 5.89. The van der Waals surface area contributed by atoms with Gasteiger partial charge in [-0.15, -0.1) is 0 Å². The van der Waals surface area contributed by atoms with Crippen molar-refractivity contribution in [2.45, 2.75) is 125 Å². The third-order valence-corrected chi connectivity index (χ3v) is 15.4. The minimum absolute atomic E-state index is 0.0942. The highest BCUT2D eigenvalue weighted by Crippen LogP contribution is 2.33. The van der Waals surface area contributed by atoms with Crippen LogP contribution < -0.4 is 0 Å². The van der Waals surface area contributed by atoms with E-state index in [1.807, 2.05) is 102 Å². The number of halogens is 5. The highest BCUT2D eigenvalue weighted by Gasteiger charge is 2.15. The summed E-state index contributed by atoms with van der Waals surface area (Å²) >= 11 is 30.1. The molecule has 6 heterocycles. The van der Waals surface area contributed by atoms with Crippen LogP contribution in [0.3, 0.4) is 0 Å². The van der Waals surface area contributed by atoms with E-state index in [9.17, 15) is 0 Å². The first-order chi connectivity index (χ1) is 38.9. The highest BCUT2D eigenvalue weighted by molar-refractivity contribution is 6.33. The van der Waals surface area contributed by atoms with Gasteiger partial charge in [-0.1, -0.05) is 147 Å². The quantitative estimate of drug-likeness (QED) is 0.120. The highest BCUT2D eigenvalue weighted by atomic mass is 35.5. The van der Waals surface area contributed by atoms with Gasteiger partial charge in [0.1, 0.15) is 0 Å². The lowest BCUT2D eigenvalue weighted by Crippen LogP contribution is -2.05. The lowest BCUT2D eigenvalue weighted by atomic mass is 10.00. The fraction of sp³-hybridized carbons (Fsp3) is 0.333. The van der Waals surface area contributed by atoms with Crippen molar-refractivity contribution >= 4 is 124 Å². The second-order valence-corrected chi connectivity index (χ2v) is 24.6. The van der Waals surface area contributed by atoms with Crippen molar-refractivity contribution in [2.24, 2.45) is 14.1 Å². The van der Waals surface area contributed by atoms with Gasteiger partial charge in [-0.3, -0.25) is 14.5 Å². The zero-order valence-corrected chi connectivity index (χ0v) is 53.2. The number of aliphatic hydroxyl groups is 1. The summed E-state index contributed by atoms with van der Waals surface area (Å²) in [5.74, 6) is 2.88. The van der Waals surface area contributed by atoms with Crippen molar-refractivity contribution in [1.82, 2.24) is 49.3 Å². The molecule has 0 aliphatic heterocycles. The first kappa shape index (κ1) is 63.3. The Morgan fingerprint density at radius 3 is 1.65 bits per heavy atom. The summed E-state index contributed by atoms with van der Waals surface area (Å²) in [4.78, 5) is 10.6. The molecular formula is C66H77Cl5N10O. The number of rotatable bonds is 8. The standard InChI is InChI=1S/C12H15ClN2O.C12H15N.C11H13ClN2.C11H12ClN.2C10H11ClN2/c1-8(2)11-6-10(13)5-9-7-14-15(3-4-16)12(9)11;1-9(2)10-4-5-12-11(8-10)6-7-13(12)3;1-7(2)10-5-9(12)4-8-6-13-14(3)11(8)10;1-7(2)10-6-9(12)5-8-3-4-13-11(8)10;1-6(2)8-3-7(11)4-10-9(8)5-12-13-10;1-6(2)8-3-7(11)4-9-10(8)13-5-12-9/h5-8,16H,3-4H2,1-2H3;4-9H,1-3H3;4-7H,1-3H3;3-7,13H,1-2H3;2*3-6H,1-2H3,(H,12,13). The summed E-state index contributed by atoms with van der Waals surface area (Å²) in [7, 11) is 4.04. The third-order valence-electron chi connectivity index (χ3n) is 14.3. The number of nitrogens with one attached hydrogen (secondary N) is 3. The molecule has 82 heavy (non-hydrogen) atoms. The van der Waals surface area contributed by atoms with E-state index in [2.05, 4.69) is 161 Å². The Labute approximate surface area is 507 Å². The molecule has 0 spiro atoms. The minimum atomic E-state index is 0.0942. The molecule has 0 saturated carbocycles. The van der Waals surface area contributed by atoms with Crippen LogP contribution in [0.4, 0.5) is 0 Å². The number of aromatic nitrogens is 10. The van der Waals surface area contributed by atoms with E-state index in [0.717, 1.165) is 58.0 Å². The summed E-state index contributed by atoms with van der Waals surface area (Å²) in [6.45, 7) is 26.6. The van der Waals surface area contributed by atoms with E-state index in [4.69, 9.17) is 63.1 Å². The molecule has 432 valence electrons. The van der Waals surface area contributed by atoms with Crippen molar-refractivity contribution in [3.05, 3.63) is 187 Å². The van der Waals surface area contributed by atoms with Crippen molar-refractivity contribution < 1.29 is 5.11 Å². The third kappa shape index (κ3) is 15.5. The first-order valence-electron chi connectivity index (χ1n) is 27.9. The summed E-state index contributed by atoms with van der Waals surface area (Å²) in [6.07, 6.45) is 11.3. The Kier molecular flexibility index (Phi) is 21.8. The molecule has 0 unspecified atom stereocenters. The molecule has 0 amide bonds. The number of H-pyrrole nitrogens is 3. The van der Waals surface area contributed by atoms with Gasteiger partial charge in [-0.05, 0) is 159 Å². The maximum Gasteiger partial charge on any atom is 0.0932 e. The summed E-state index contributed by atoms with van der Waals surface area (Å²) in [5.41, 5.74) is 15.4. The SMILES string of the molecule is CC(C)c1cc(Cl)cc2[nH]cnc12.CC(C)c1cc(Cl)cc2[nH]ncc12.CC(C)c1cc(Cl)cc2cc[nH]c12.CC(C)c1cc(Cl)cc2cnn(C)c12.CC(C)c1cc(Cl)cc2cnn(CCO)c12.CC(C)c1ccc2c(ccn2C)c1. The largest absolute Gasteiger partial charge is 0.394 e. The fourth-order valence-corrected chi connectivity index (χ4v) is 11.1. The summed E-state index contributed by atoms with van der Waals surface area (Å²) in [5, 5.41) is 34.1. The topological polar surface area (TPSA) is 134 Å². The predicted octanol–water partition coefficient (Wildman–Crippen LogP) is 20.1. The maximum atomic E-state index is 8.99. The van der Waals surface area contributed by atoms with E-state index >= 15 is 0 Å². The average molecular weight is 1200 g/mol. The smallest absolute Gasteiger partial charge is 0.0932 e. The molecular weight excluding hydrogens is 1130 g/mol. The number of aromatic amines is 3. The number of benzene rings is 6. The van der Waals surface area contributed by atoms with Crippen LogP contribution in [-0.2, 0) is 20.6 Å². The van der Waals surface area contributed by atoms with Gasteiger partial charge >= 0.3 is 0 Å². The van der Waals surface area contributed by atoms with Crippen LogP contribution in [0.5, 0.6) is 0 Å². The molecule has 4 N–H and O–H groups in total. The van der Waals surface area contributed by atoms with E-state index in [0.29, 0.717) is 42.1 Å². The second-order valence-electron chi connectivity index (χ2n) is 22.5. The zero-order valence-electron chi connectivity index (χ0n) is 49.5. The van der Waals surface area contributed by atoms with E-state index in [1.165, 1.54) is 66.1 Å². The van der Waals surface area contributed by atoms with Gasteiger partial charge in [-0.25, -0.2) is 4.98 Å². The van der Waals surface area contributed by atoms with Gasteiger partial charge in [-0.2, -0.15) is 15.3 Å². The Bertz CT molecular complexity index is 3840. The van der Waals surface area contributed by atoms with Crippen LogP contribution in [-0.4, -0.2) is 61.0 Å². The van der Waals surface area contributed by atoms with Crippen LogP contribution in [0.1, 0.15) is 152 Å². The lowest BCUT2D eigenvalue weighted by molar-refractivity contribution is 0.271. The molecule has 0 aliphatic carbocycles. The van der Waals surface area contributed by atoms with Gasteiger partial charge in [0.15, 0.2) is 0 Å². The van der Waals surface area contributed by atoms with Crippen LogP contribution >= 0.6 is 58.0 Å². The van der Waals surface area contributed by atoms with Crippen LogP contribution in [0, 0.1) is 0 Å². The normalized spacial score (nSPS) is 11.4. The molecule has 0 radical (unpaired) electrons. The molecule has 0 saturated heterocycles. The number of aliphatic hydroxyl groups excluding tert-OH is 1.